The maximum atomic E-state index is 10.9. The summed E-state index contributed by atoms with van der Waals surface area (Å²) in [5.41, 5.74) is 2.20. The number of rotatable bonds is 6. The molecule has 0 saturated heterocycles. The molecule has 3 nitrogen and oxygen atoms in total. The first kappa shape index (κ1) is 11.4. The van der Waals surface area contributed by atoms with E-state index in [1.54, 1.807) is 6.92 Å². The van der Waals surface area contributed by atoms with Crippen LogP contribution < -0.4 is 5.32 Å². The second-order valence-corrected chi connectivity index (χ2v) is 3.52. The molecule has 1 aromatic carbocycles. The Morgan fingerprint density at radius 2 is 1.87 bits per heavy atom. The van der Waals surface area contributed by atoms with E-state index in [1.165, 1.54) is 0 Å². The van der Waals surface area contributed by atoms with Crippen LogP contribution in [-0.4, -0.2) is 18.7 Å². The minimum atomic E-state index is 0.172. The van der Waals surface area contributed by atoms with Crippen LogP contribution in [0.15, 0.2) is 24.3 Å². The predicted molar refractivity (Wildman–Crippen MR) is 58.6 cm³/mol. The number of hydrogen-bond donors (Lipinski definition) is 1. The molecule has 80 valence electrons. The Hall–Kier alpha value is -1.64. The van der Waals surface area contributed by atoms with E-state index in [0.29, 0.717) is 19.4 Å². The average molecular weight is 205 g/mol. The summed E-state index contributed by atoms with van der Waals surface area (Å²) >= 11 is 0. The van der Waals surface area contributed by atoms with Gasteiger partial charge in [0.25, 0.3) is 0 Å². The zero-order valence-electron chi connectivity index (χ0n) is 8.82. The van der Waals surface area contributed by atoms with Gasteiger partial charge in [-0.1, -0.05) is 24.3 Å². The number of benzene rings is 1. The molecular weight excluding hydrogens is 190 g/mol. The van der Waals surface area contributed by atoms with E-state index in [-0.39, 0.29) is 5.78 Å². The van der Waals surface area contributed by atoms with Gasteiger partial charge in [0.15, 0.2) is 0 Å². The molecule has 0 unspecified atom stereocenters. The summed E-state index contributed by atoms with van der Waals surface area (Å²) in [5, 5.41) is 2.61. The molecule has 0 atom stereocenters. The second kappa shape index (κ2) is 5.96. The molecule has 15 heavy (non-hydrogen) atoms. The third-order valence-electron chi connectivity index (χ3n) is 2.12. The lowest BCUT2D eigenvalue weighted by Gasteiger charge is -2.02. The highest BCUT2D eigenvalue weighted by molar-refractivity contribution is 5.78. The molecule has 0 aromatic heterocycles. The summed E-state index contributed by atoms with van der Waals surface area (Å²) in [7, 11) is 0. The van der Waals surface area contributed by atoms with E-state index in [1.807, 2.05) is 24.3 Å². The summed E-state index contributed by atoms with van der Waals surface area (Å²) in [6.45, 7) is 2.23. The van der Waals surface area contributed by atoms with Crippen LogP contribution in [0.5, 0.6) is 0 Å². The lowest BCUT2D eigenvalue weighted by Crippen LogP contribution is -2.14. The van der Waals surface area contributed by atoms with Gasteiger partial charge in [-0.3, -0.25) is 9.59 Å². The fraction of sp³-hybridized carbons (Fsp3) is 0.333. The van der Waals surface area contributed by atoms with E-state index in [9.17, 15) is 9.59 Å². The van der Waals surface area contributed by atoms with Crippen LogP contribution in [0.2, 0.25) is 0 Å². The Bertz CT molecular complexity index is 330. The molecule has 1 rings (SSSR count). The molecule has 0 heterocycles. The Labute approximate surface area is 89.5 Å². The van der Waals surface area contributed by atoms with Crippen LogP contribution in [0, 0.1) is 0 Å². The van der Waals surface area contributed by atoms with Crippen molar-refractivity contribution in [2.45, 2.75) is 19.8 Å². The Morgan fingerprint density at radius 1 is 1.27 bits per heavy atom. The van der Waals surface area contributed by atoms with Crippen molar-refractivity contribution in [1.82, 2.24) is 5.32 Å². The summed E-state index contributed by atoms with van der Waals surface area (Å²) in [6.07, 6.45) is 2.01. The van der Waals surface area contributed by atoms with Crippen LogP contribution in [0.25, 0.3) is 0 Å². The van der Waals surface area contributed by atoms with Gasteiger partial charge in [0.2, 0.25) is 6.41 Å². The lowest BCUT2D eigenvalue weighted by atomic mass is 10.1. The largest absolute Gasteiger partial charge is 0.358 e. The van der Waals surface area contributed by atoms with Gasteiger partial charge in [-0.05, 0) is 24.5 Å². The molecule has 0 aliphatic heterocycles. The van der Waals surface area contributed by atoms with Crippen LogP contribution in [0.3, 0.4) is 0 Å². The fourth-order valence-corrected chi connectivity index (χ4v) is 1.39. The quantitative estimate of drug-likeness (QED) is 0.558. The topological polar surface area (TPSA) is 46.2 Å². The van der Waals surface area contributed by atoms with Crippen molar-refractivity contribution in [2.24, 2.45) is 0 Å². The van der Waals surface area contributed by atoms with Crippen molar-refractivity contribution in [1.29, 1.82) is 0 Å². The third kappa shape index (κ3) is 4.40. The average Bonchev–Trinajstić information content (AvgIpc) is 2.20. The third-order valence-corrected chi connectivity index (χ3v) is 2.12. The van der Waals surface area contributed by atoms with E-state index in [2.05, 4.69) is 5.32 Å². The van der Waals surface area contributed by atoms with Crippen LogP contribution in [-0.2, 0) is 22.4 Å². The molecule has 0 aliphatic carbocycles. The highest BCUT2D eigenvalue weighted by Gasteiger charge is 1.97. The second-order valence-electron chi connectivity index (χ2n) is 3.52. The Morgan fingerprint density at radius 3 is 2.40 bits per heavy atom. The first-order valence-electron chi connectivity index (χ1n) is 4.96. The van der Waals surface area contributed by atoms with Gasteiger partial charge in [-0.25, -0.2) is 0 Å². The SMILES string of the molecule is CC(=O)Cc1ccc(CCNC=O)cc1. The summed E-state index contributed by atoms with van der Waals surface area (Å²) < 4.78 is 0. The maximum absolute atomic E-state index is 10.9. The molecule has 1 N–H and O–H groups in total. The van der Waals surface area contributed by atoms with Crippen molar-refractivity contribution >= 4 is 12.2 Å². The standard InChI is InChI=1S/C12H15NO2/c1-10(15)8-12-4-2-11(3-5-12)6-7-13-9-14/h2-5,9H,6-8H2,1H3,(H,13,14). The molecule has 3 heteroatoms. The first-order chi connectivity index (χ1) is 7.22. The number of carbonyl (C=O) groups excluding carboxylic acids is 2. The number of amides is 1. The molecule has 0 saturated carbocycles. The van der Waals surface area contributed by atoms with Gasteiger partial charge in [-0.2, -0.15) is 0 Å². The Kier molecular flexibility index (Phi) is 4.54. The van der Waals surface area contributed by atoms with Crippen LogP contribution in [0.4, 0.5) is 0 Å². The van der Waals surface area contributed by atoms with E-state index < -0.39 is 0 Å². The predicted octanol–water partition coefficient (Wildman–Crippen LogP) is 1.11. The van der Waals surface area contributed by atoms with E-state index >= 15 is 0 Å². The van der Waals surface area contributed by atoms with Crippen molar-refractivity contribution < 1.29 is 9.59 Å². The molecule has 0 spiro atoms. The van der Waals surface area contributed by atoms with Crippen molar-refractivity contribution in [3.8, 4) is 0 Å². The van der Waals surface area contributed by atoms with Crippen LogP contribution in [0.1, 0.15) is 18.1 Å². The van der Waals surface area contributed by atoms with Crippen molar-refractivity contribution in [3.63, 3.8) is 0 Å². The summed E-state index contributed by atoms with van der Waals surface area (Å²) in [6, 6.07) is 7.89. The monoisotopic (exact) mass is 205 g/mol. The first-order valence-corrected chi connectivity index (χ1v) is 4.96. The van der Waals surface area contributed by atoms with Crippen LogP contribution >= 0.6 is 0 Å². The van der Waals surface area contributed by atoms with Crippen molar-refractivity contribution in [2.75, 3.05) is 6.54 Å². The molecule has 0 aliphatic rings. The molecule has 0 radical (unpaired) electrons. The molecular formula is C12H15NO2. The molecule has 1 amide bonds. The fourth-order valence-electron chi connectivity index (χ4n) is 1.39. The molecule has 1 aromatic rings. The minimum absolute atomic E-state index is 0.172. The summed E-state index contributed by atoms with van der Waals surface area (Å²) in [4.78, 5) is 20.9. The van der Waals surface area contributed by atoms with Gasteiger partial charge in [-0.15, -0.1) is 0 Å². The molecule has 0 bridgehead atoms. The van der Waals surface area contributed by atoms with Gasteiger partial charge in [0.1, 0.15) is 5.78 Å². The maximum Gasteiger partial charge on any atom is 0.207 e. The van der Waals surface area contributed by atoms with Gasteiger partial charge < -0.3 is 5.32 Å². The van der Waals surface area contributed by atoms with Crippen molar-refractivity contribution in [3.05, 3.63) is 35.4 Å². The van der Waals surface area contributed by atoms with Gasteiger partial charge >= 0.3 is 0 Å². The number of hydrogen-bond acceptors (Lipinski definition) is 2. The lowest BCUT2D eigenvalue weighted by molar-refractivity contribution is -0.116. The smallest absolute Gasteiger partial charge is 0.207 e. The zero-order chi connectivity index (χ0) is 11.1. The van der Waals surface area contributed by atoms with Gasteiger partial charge in [0.05, 0.1) is 0 Å². The number of nitrogens with one attached hydrogen (secondary N) is 1. The number of ketones is 1. The van der Waals surface area contributed by atoms with Gasteiger partial charge in [0, 0.05) is 13.0 Å². The van der Waals surface area contributed by atoms with E-state index in [0.717, 1.165) is 17.5 Å². The Balaban J connectivity index is 2.48. The number of Topliss-reactive ketones (excluding diaryl/α,β-unsaturated/α-hetero) is 1. The minimum Gasteiger partial charge on any atom is -0.358 e. The zero-order valence-corrected chi connectivity index (χ0v) is 8.82. The highest BCUT2D eigenvalue weighted by Crippen LogP contribution is 2.05. The summed E-state index contributed by atoms with van der Waals surface area (Å²) in [5.74, 6) is 0.172. The normalized spacial score (nSPS) is 9.67. The number of carbonyl (C=O) groups is 2. The highest BCUT2D eigenvalue weighted by atomic mass is 16.1. The van der Waals surface area contributed by atoms with E-state index in [4.69, 9.17) is 0 Å². The molecule has 0 fully saturated rings.